The summed E-state index contributed by atoms with van der Waals surface area (Å²) in [6, 6.07) is 12.9. The van der Waals surface area contributed by atoms with E-state index in [4.69, 9.17) is 21.3 Å². The molecule has 1 unspecified atom stereocenters. The first-order valence-corrected chi connectivity index (χ1v) is 16.5. The maximum atomic E-state index is 14.6. The highest BCUT2D eigenvalue weighted by Crippen LogP contribution is 2.50. The minimum absolute atomic E-state index is 0.0799. The van der Waals surface area contributed by atoms with E-state index in [1.54, 1.807) is 19.2 Å². The molecule has 0 saturated heterocycles. The van der Waals surface area contributed by atoms with Gasteiger partial charge >= 0.3 is 0 Å². The first-order valence-electron chi connectivity index (χ1n) is 16.1. The van der Waals surface area contributed by atoms with Gasteiger partial charge in [0.2, 0.25) is 0 Å². The number of nitrogens with zero attached hydrogens (tertiary/aromatic N) is 4. The monoisotopic (exact) mass is 635 g/mol. The smallest absolute Gasteiger partial charge is 0.275 e. The van der Waals surface area contributed by atoms with E-state index in [1.807, 2.05) is 30.3 Å². The van der Waals surface area contributed by atoms with Crippen molar-refractivity contribution < 1.29 is 14.3 Å². The van der Waals surface area contributed by atoms with E-state index in [0.29, 0.717) is 40.1 Å². The number of rotatable bonds is 11. The van der Waals surface area contributed by atoms with Crippen LogP contribution in [0.5, 0.6) is 5.75 Å². The minimum Gasteiger partial charge on any atom is -0.497 e. The number of methoxy groups -OCH3 is 1. The van der Waals surface area contributed by atoms with Gasteiger partial charge in [-0.1, -0.05) is 75.9 Å². The molecular formula is C34H46ClN7O3. The van der Waals surface area contributed by atoms with Crippen LogP contribution >= 0.6 is 11.6 Å². The van der Waals surface area contributed by atoms with Crippen LogP contribution in [0.4, 0.5) is 0 Å². The van der Waals surface area contributed by atoms with E-state index in [1.165, 1.54) is 0 Å². The van der Waals surface area contributed by atoms with Gasteiger partial charge in [0.1, 0.15) is 17.1 Å². The molecule has 1 saturated carbocycles. The van der Waals surface area contributed by atoms with Gasteiger partial charge in [-0.25, -0.2) is 5.53 Å². The summed E-state index contributed by atoms with van der Waals surface area (Å²) in [5.41, 5.74) is 7.62. The zero-order valence-corrected chi connectivity index (χ0v) is 27.8. The topological polar surface area (TPSA) is 120 Å². The fourth-order valence-electron chi connectivity index (χ4n) is 6.85. The normalized spacial score (nSPS) is 23.6. The third-order valence-corrected chi connectivity index (χ3v) is 9.68. The van der Waals surface area contributed by atoms with E-state index in [9.17, 15) is 9.59 Å². The van der Waals surface area contributed by atoms with E-state index in [2.05, 4.69) is 59.2 Å². The Morgan fingerprint density at radius 1 is 1.16 bits per heavy atom. The average Bonchev–Trinajstić information content (AvgIpc) is 3.64. The number of unbranched alkanes of at least 4 members (excludes halogenated alkanes) is 2. The number of carbonyl (C=O) groups is 2. The predicted molar refractivity (Wildman–Crippen MR) is 176 cm³/mol. The molecule has 2 aromatic carbocycles. The molecular weight excluding hydrogens is 590 g/mol. The second kappa shape index (κ2) is 13.9. The third-order valence-electron chi connectivity index (χ3n) is 9.47. The third kappa shape index (κ3) is 7.33. The number of benzene rings is 2. The molecule has 3 aliphatic rings. The molecule has 0 bridgehead atoms. The highest BCUT2D eigenvalue weighted by atomic mass is 35.5. The van der Waals surface area contributed by atoms with Gasteiger partial charge in [0.05, 0.1) is 19.7 Å². The molecule has 2 heterocycles. The van der Waals surface area contributed by atoms with Gasteiger partial charge in [-0.15, -0.1) is 5.11 Å². The Labute approximate surface area is 271 Å². The summed E-state index contributed by atoms with van der Waals surface area (Å²) in [6.45, 7) is 9.40. The molecule has 2 aliphatic heterocycles. The second-order valence-corrected chi connectivity index (χ2v) is 13.9. The van der Waals surface area contributed by atoms with Gasteiger partial charge in [-0.3, -0.25) is 14.6 Å². The number of hydrazine groups is 1. The molecule has 0 aromatic heterocycles. The summed E-state index contributed by atoms with van der Waals surface area (Å²) in [5, 5.41) is 11.0. The van der Waals surface area contributed by atoms with Crippen LogP contribution in [0.15, 0.2) is 57.8 Å². The first-order chi connectivity index (χ1) is 21.5. The maximum absolute atomic E-state index is 14.6. The quantitative estimate of drug-likeness (QED) is 0.236. The van der Waals surface area contributed by atoms with Crippen molar-refractivity contribution in [1.82, 2.24) is 21.2 Å². The number of hydrogen-bond donors (Lipinski definition) is 3. The van der Waals surface area contributed by atoms with Crippen molar-refractivity contribution in [2.75, 3.05) is 13.7 Å². The van der Waals surface area contributed by atoms with E-state index >= 15 is 0 Å². The molecule has 1 spiro atoms. The first kappa shape index (κ1) is 32.9. The molecule has 1 aliphatic carbocycles. The number of nitrogens with one attached hydrogen (secondary N) is 3. The van der Waals surface area contributed by atoms with Gasteiger partial charge in [0.15, 0.2) is 6.17 Å². The molecule has 2 amide bonds. The molecule has 242 valence electrons. The summed E-state index contributed by atoms with van der Waals surface area (Å²) in [5.74, 6) is 0.873. The fraction of sp³-hybridized carbons (Fsp3) is 0.559. The maximum Gasteiger partial charge on any atom is 0.275 e. The SMILES string of the molecule is CCCCC[C@H](c1ccc(C(=O)NCC2N=NNN2)cc1)N1C(=O)C(c2cc(Cl)cc(OC)c2)=NC12CCC(C(C)(C)C)CC2. The lowest BCUT2D eigenvalue weighted by molar-refractivity contribution is -0.133. The van der Waals surface area contributed by atoms with Crippen molar-refractivity contribution in [2.24, 2.45) is 26.7 Å². The Morgan fingerprint density at radius 2 is 1.89 bits per heavy atom. The Hall–Kier alpha value is -3.50. The van der Waals surface area contributed by atoms with Crippen LogP contribution in [-0.4, -0.2) is 47.9 Å². The molecule has 10 nitrogen and oxygen atoms in total. The molecule has 5 rings (SSSR count). The van der Waals surface area contributed by atoms with Crippen LogP contribution in [0.2, 0.25) is 5.02 Å². The average molecular weight is 636 g/mol. The molecule has 0 radical (unpaired) electrons. The van der Waals surface area contributed by atoms with Crippen molar-refractivity contribution in [3.8, 4) is 5.75 Å². The minimum atomic E-state index is -0.645. The Balaban J connectivity index is 1.48. The predicted octanol–water partition coefficient (Wildman–Crippen LogP) is 6.77. The number of amides is 2. The Bertz CT molecular complexity index is 1430. The van der Waals surface area contributed by atoms with Crippen molar-refractivity contribution in [1.29, 1.82) is 0 Å². The van der Waals surface area contributed by atoms with Crippen molar-refractivity contribution >= 4 is 29.1 Å². The highest BCUT2D eigenvalue weighted by molar-refractivity contribution is 6.47. The van der Waals surface area contributed by atoms with Crippen LogP contribution in [0.25, 0.3) is 0 Å². The number of hydrogen-bond acceptors (Lipinski definition) is 8. The van der Waals surface area contributed by atoms with Gasteiger partial charge in [0.25, 0.3) is 11.8 Å². The summed E-state index contributed by atoms with van der Waals surface area (Å²) in [4.78, 5) is 34.9. The summed E-state index contributed by atoms with van der Waals surface area (Å²) in [7, 11) is 1.59. The van der Waals surface area contributed by atoms with Crippen LogP contribution in [0, 0.1) is 11.3 Å². The zero-order valence-electron chi connectivity index (χ0n) is 27.0. The molecule has 2 aromatic rings. The summed E-state index contributed by atoms with van der Waals surface area (Å²) < 4.78 is 5.49. The van der Waals surface area contributed by atoms with E-state index in [0.717, 1.165) is 56.9 Å². The Kier molecular flexibility index (Phi) is 10.1. The van der Waals surface area contributed by atoms with Crippen molar-refractivity contribution in [2.45, 2.75) is 96.9 Å². The molecule has 2 atom stereocenters. The number of aliphatic imine (C=N–C) groups is 1. The van der Waals surface area contributed by atoms with Crippen LogP contribution in [-0.2, 0) is 4.79 Å². The lowest BCUT2D eigenvalue weighted by atomic mass is 9.69. The van der Waals surface area contributed by atoms with Gasteiger partial charge in [-0.05, 0) is 79.3 Å². The highest BCUT2D eigenvalue weighted by Gasteiger charge is 2.52. The fourth-order valence-corrected chi connectivity index (χ4v) is 7.08. The second-order valence-electron chi connectivity index (χ2n) is 13.5. The lowest BCUT2D eigenvalue weighted by Crippen LogP contribution is -2.51. The zero-order chi connectivity index (χ0) is 32.2. The number of carbonyl (C=O) groups excluding carboxylic acids is 2. The summed E-state index contributed by atoms with van der Waals surface area (Å²) >= 11 is 6.47. The number of halogens is 1. The number of ether oxygens (including phenoxy) is 1. The molecule has 3 N–H and O–H groups in total. The summed E-state index contributed by atoms with van der Waals surface area (Å²) in [6.07, 6.45) is 7.21. The van der Waals surface area contributed by atoms with Crippen LogP contribution < -0.4 is 21.0 Å². The van der Waals surface area contributed by atoms with Gasteiger partial charge < -0.3 is 15.0 Å². The largest absolute Gasteiger partial charge is 0.497 e. The lowest BCUT2D eigenvalue weighted by Gasteiger charge is -2.47. The van der Waals surface area contributed by atoms with E-state index < -0.39 is 5.66 Å². The van der Waals surface area contributed by atoms with Crippen LogP contribution in [0.3, 0.4) is 0 Å². The molecule has 1 fully saturated rings. The van der Waals surface area contributed by atoms with Gasteiger partial charge in [-0.2, -0.15) is 5.43 Å². The van der Waals surface area contributed by atoms with E-state index in [-0.39, 0.29) is 29.4 Å². The van der Waals surface area contributed by atoms with Crippen molar-refractivity contribution in [3.05, 3.63) is 64.2 Å². The van der Waals surface area contributed by atoms with Crippen molar-refractivity contribution in [3.63, 3.8) is 0 Å². The van der Waals surface area contributed by atoms with Gasteiger partial charge in [0, 0.05) is 16.1 Å². The molecule has 45 heavy (non-hydrogen) atoms. The van der Waals surface area contributed by atoms with Crippen LogP contribution in [0.1, 0.15) is 107 Å². The molecule has 11 heteroatoms. The standard InChI is InChI=1S/C34H46ClN7O3/c1-6-7-8-9-28(22-10-12-23(13-11-22)31(43)36-21-29-38-40-41-39-29)42-32(44)30(24-18-26(35)20-27(19-24)45-5)37-34(42)16-14-25(15-17-34)33(2,3)4/h10-13,18-20,25,28-29H,6-9,14-17,21H2,1-5H3,(H,36,43)(H,38,41)(H,39,40)/t25?,28-,34?/m1/s1. The Morgan fingerprint density at radius 3 is 2.51 bits per heavy atom.